The van der Waals surface area contributed by atoms with Gasteiger partial charge in [0.25, 0.3) is 0 Å². The Morgan fingerprint density at radius 3 is 2.85 bits per heavy atom. The standard InChI is InChI=1S/C12H22O/c1-3-11(2)8-6-4-5-7-9-12-10-13-12/h7,9,11-12H,3-6,8,10H2,1-2H3/b9-7+. The second-order valence-electron chi connectivity index (χ2n) is 4.10. The number of hydrogen-bond donors (Lipinski definition) is 0. The molecule has 1 aliphatic rings. The number of rotatable bonds is 7. The third-order valence-corrected chi connectivity index (χ3v) is 2.72. The highest BCUT2D eigenvalue weighted by atomic mass is 16.6. The van der Waals surface area contributed by atoms with Gasteiger partial charge in [-0.1, -0.05) is 45.3 Å². The molecule has 2 unspecified atom stereocenters. The van der Waals surface area contributed by atoms with Crippen LogP contribution in [0.2, 0.25) is 0 Å². The van der Waals surface area contributed by atoms with Crippen LogP contribution >= 0.6 is 0 Å². The lowest BCUT2D eigenvalue weighted by Gasteiger charge is -2.05. The minimum atomic E-state index is 0.467. The lowest BCUT2D eigenvalue weighted by Crippen LogP contribution is -1.91. The first-order chi connectivity index (χ1) is 6.33. The zero-order chi connectivity index (χ0) is 9.52. The van der Waals surface area contributed by atoms with Gasteiger partial charge < -0.3 is 4.74 Å². The van der Waals surface area contributed by atoms with E-state index in [0.29, 0.717) is 6.10 Å². The van der Waals surface area contributed by atoms with Gasteiger partial charge in [-0.05, 0) is 18.8 Å². The van der Waals surface area contributed by atoms with Gasteiger partial charge in [0.1, 0.15) is 0 Å². The molecular formula is C12H22O. The van der Waals surface area contributed by atoms with Crippen LogP contribution in [-0.4, -0.2) is 12.7 Å². The molecule has 1 rings (SSSR count). The Kier molecular flexibility index (Phi) is 5.14. The van der Waals surface area contributed by atoms with E-state index in [1.54, 1.807) is 0 Å². The highest BCUT2D eigenvalue weighted by Gasteiger charge is 2.17. The first-order valence-corrected chi connectivity index (χ1v) is 5.61. The molecule has 1 heteroatoms. The van der Waals surface area contributed by atoms with Crippen molar-refractivity contribution in [3.63, 3.8) is 0 Å². The minimum absolute atomic E-state index is 0.467. The van der Waals surface area contributed by atoms with Gasteiger partial charge in [0.05, 0.1) is 12.7 Å². The Balaban J connectivity index is 1.82. The van der Waals surface area contributed by atoms with Gasteiger partial charge in [-0.2, -0.15) is 0 Å². The van der Waals surface area contributed by atoms with Crippen molar-refractivity contribution in [2.75, 3.05) is 6.61 Å². The van der Waals surface area contributed by atoms with E-state index < -0.39 is 0 Å². The van der Waals surface area contributed by atoms with Crippen LogP contribution in [0.25, 0.3) is 0 Å². The average molecular weight is 182 g/mol. The minimum Gasteiger partial charge on any atom is -0.369 e. The molecule has 13 heavy (non-hydrogen) atoms. The SMILES string of the molecule is CCC(C)CCCC/C=C/C1CO1. The summed E-state index contributed by atoms with van der Waals surface area (Å²) < 4.78 is 5.08. The second kappa shape index (κ2) is 6.20. The number of unbranched alkanes of at least 4 members (excludes halogenated alkanes) is 2. The molecule has 76 valence electrons. The molecule has 0 aromatic rings. The summed E-state index contributed by atoms with van der Waals surface area (Å²) in [6, 6.07) is 0. The lowest BCUT2D eigenvalue weighted by atomic mass is 10.0. The molecule has 1 heterocycles. The molecule has 1 saturated heterocycles. The van der Waals surface area contributed by atoms with Crippen LogP contribution in [0.3, 0.4) is 0 Å². The zero-order valence-corrected chi connectivity index (χ0v) is 8.96. The van der Waals surface area contributed by atoms with Gasteiger partial charge >= 0.3 is 0 Å². The van der Waals surface area contributed by atoms with Crippen molar-refractivity contribution in [2.24, 2.45) is 5.92 Å². The zero-order valence-electron chi connectivity index (χ0n) is 8.96. The monoisotopic (exact) mass is 182 g/mol. The van der Waals surface area contributed by atoms with Gasteiger partial charge in [-0.25, -0.2) is 0 Å². The summed E-state index contributed by atoms with van der Waals surface area (Å²) in [4.78, 5) is 0. The molecule has 0 aromatic heterocycles. The van der Waals surface area contributed by atoms with E-state index in [9.17, 15) is 0 Å². The molecule has 0 N–H and O–H groups in total. The molecular weight excluding hydrogens is 160 g/mol. The number of hydrogen-bond acceptors (Lipinski definition) is 1. The summed E-state index contributed by atoms with van der Waals surface area (Å²) in [5.74, 6) is 0.913. The molecule has 0 aromatic carbocycles. The van der Waals surface area contributed by atoms with Crippen LogP contribution in [0.15, 0.2) is 12.2 Å². The van der Waals surface area contributed by atoms with E-state index in [0.717, 1.165) is 12.5 Å². The van der Waals surface area contributed by atoms with E-state index >= 15 is 0 Å². The summed E-state index contributed by atoms with van der Waals surface area (Å²) >= 11 is 0. The Hall–Kier alpha value is -0.300. The van der Waals surface area contributed by atoms with Crippen molar-refractivity contribution in [1.29, 1.82) is 0 Å². The fourth-order valence-corrected chi connectivity index (χ4v) is 1.37. The van der Waals surface area contributed by atoms with Crippen molar-refractivity contribution in [1.82, 2.24) is 0 Å². The van der Waals surface area contributed by atoms with Crippen molar-refractivity contribution in [2.45, 2.75) is 52.1 Å². The van der Waals surface area contributed by atoms with Crippen LogP contribution in [0.5, 0.6) is 0 Å². The van der Waals surface area contributed by atoms with Crippen molar-refractivity contribution in [3.05, 3.63) is 12.2 Å². The van der Waals surface area contributed by atoms with E-state index in [1.807, 2.05) is 0 Å². The van der Waals surface area contributed by atoms with E-state index in [2.05, 4.69) is 26.0 Å². The second-order valence-corrected chi connectivity index (χ2v) is 4.10. The number of allylic oxidation sites excluding steroid dienone is 1. The normalized spacial score (nSPS) is 23.7. The van der Waals surface area contributed by atoms with Crippen LogP contribution in [0.4, 0.5) is 0 Å². The summed E-state index contributed by atoms with van der Waals surface area (Å²) in [5.41, 5.74) is 0. The van der Waals surface area contributed by atoms with Crippen molar-refractivity contribution in [3.8, 4) is 0 Å². The highest BCUT2D eigenvalue weighted by molar-refractivity contribution is 4.95. The Morgan fingerprint density at radius 1 is 1.46 bits per heavy atom. The molecule has 0 radical (unpaired) electrons. The topological polar surface area (TPSA) is 12.5 Å². The van der Waals surface area contributed by atoms with E-state index in [4.69, 9.17) is 4.74 Å². The Morgan fingerprint density at radius 2 is 2.23 bits per heavy atom. The van der Waals surface area contributed by atoms with Crippen LogP contribution in [0.1, 0.15) is 46.0 Å². The third kappa shape index (κ3) is 5.87. The molecule has 1 fully saturated rings. The molecule has 1 nitrogen and oxygen atoms in total. The van der Waals surface area contributed by atoms with Crippen LogP contribution in [-0.2, 0) is 4.74 Å². The Bertz CT molecular complexity index is 147. The quantitative estimate of drug-likeness (QED) is 0.333. The maximum atomic E-state index is 5.08. The molecule has 0 aliphatic carbocycles. The Labute approximate surface area is 82.2 Å². The summed E-state index contributed by atoms with van der Waals surface area (Å²) in [7, 11) is 0. The van der Waals surface area contributed by atoms with Crippen molar-refractivity contribution >= 4 is 0 Å². The van der Waals surface area contributed by atoms with E-state index in [-0.39, 0.29) is 0 Å². The van der Waals surface area contributed by atoms with Crippen LogP contribution in [0, 0.1) is 5.92 Å². The van der Waals surface area contributed by atoms with Crippen molar-refractivity contribution < 1.29 is 4.74 Å². The predicted octanol–water partition coefficient (Wildman–Crippen LogP) is 3.55. The third-order valence-electron chi connectivity index (χ3n) is 2.72. The molecule has 0 bridgehead atoms. The highest BCUT2D eigenvalue weighted by Crippen LogP contribution is 2.14. The molecule has 1 aliphatic heterocycles. The molecule has 0 spiro atoms. The molecule has 0 amide bonds. The lowest BCUT2D eigenvalue weighted by molar-refractivity contribution is 0.439. The largest absolute Gasteiger partial charge is 0.369 e. The van der Waals surface area contributed by atoms with E-state index in [1.165, 1.54) is 32.1 Å². The molecule has 2 atom stereocenters. The maximum Gasteiger partial charge on any atom is 0.0991 e. The number of epoxide rings is 1. The van der Waals surface area contributed by atoms with Crippen LogP contribution < -0.4 is 0 Å². The van der Waals surface area contributed by atoms with Gasteiger partial charge in [0, 0.05) is 0 Å². The maximum absolute atomic E-state index is 5.08. The molecule has 0 saturated carbocycles. The first-order valence-electron chi connectivity index (χ1n) is 5.61. The van der Waals surface area contributed by atoms with Gasteiger partial charge in [0.15, 0.2) is 0 Å². The summed E-state index contributed by atoms with van der Waals surface area (Å²) in [6.07, 6.45) is 11.6. The predicted molar refractivity (Wildman–Crippen MR) is 56.8 cm³/mol. The first kappa shape index (κ1) is 10.8. The van der Waals surface area contributed by atoms with Gasteiger partial charge in [-0.3, -0.25) is 0 Å². The fourth-order valence-electron chi connectivity index (χ4n) is 1.37. The smallest absolute Gasteiger partial charge is 0.0991 e. The number of ether oxygens (including phenoxy) is 1. The summed E-state index contributed by atoms with van der Waals surface area (Å²) in [5, 5.41) is 0. The fraction of sp³-hybridized carbons (Fsp3) is 0.833. The summed E-state index contributed by atoms with van der Waals surface area (Å²) in [6.45, 7) is 5.56. The average Bonchev–Trinajstić information content (AvgIpc) is 2.94. The van der Waals surface area contributed by atoms with Gasteiger partial charge in [0.2, 0.25) is 0 Å². The van der Waals surface area contributed by atoms with Gasteiger partial charge in [-0.15, -0.1) is 0 Å².